The molecule has 0 bridgehead atoms. The fourth-order valence-corrected chi connectivity index (χ4v) is 11.3. The van der Waals surface area contributed by atoms with Crippen molar-refractivity contribution in [3.63, 3.8) is 0 Å². The Morgan fingerprint density at radius 2 is 0.840 bits per heavy atom. The van der Waals surface area contributed by atoms with E-state index in [9.17, 15) is 96.8 Å². The lowest BCUT2D eigenvalue weighted by Crippen LogP contribution is -2.61. The van der Waals surface area contributed by atoms with Gasteiger partial charge in [-0.3, -0.25) is 86.7 Å². The molecule has 2 saturated heterocycles. The van der Waals surface area contributed by atoms with Crippen molar-refractivity contribution >= 4 is 124 Å². The van der Waals surface area contributed by atoms with Crippen LogP contribution in [0.2, 0.25) is 0 Å². The quantitative estimate of drug-likeness (QED) is 0.0153. The van der Waals surface area contributed by atoms with Crippen molar-refractivity contribution in [2.24, 2.45) is 55.9 Å². The molecule has 15 amide bonds. The minimum atomic E-state index is -1.94. The molecule has 0 aromatic rings. The summed E-state index contributed by atoms with van der Waals surface area (Å²) in [5.74, 6) is -18.2. The molecule has 0 aromatic heterocycles. The Hall–Kier alpha value is -10.3. The summed E-state index contributed by atoms with van der Waals surface area (Å²) < 4.78 is 0. The first-order valence-corrected chi connectivity index (χ1v) is 35.5. The number of likely N-dealkylation sites (tertiary alicyclic amines) is 2. The molecule has 2 heterocycles. The molecular formula is C61H105N23O21S. The van der Waals surface area contributed by atoms with Crippen LogP contribution in [0.1, 0.15) is 124 Å². The van der Waals surface area contributed by atoms with Crippen molar-refractivity contribution < 1.29 is 102 Å². The summed E-state index contributed by atoms with van der Waals surface area (Å²) in [6, 6.07) is -21.2. The van der Waals surface area contributed by atoms with Crippen LogP contribution in [0.25, 0.3) is 0 Å². The van der Waals surface area contributed by atoms with Gasteiger partial charge in [0, 0.05) is 32.6 Å². The smallest absolute Gasteiger partial charge is 0.326 e. The first-order valence-electron chi connectivity index (χ1n) is 34.1. The number of aliphatic hydroxyl groups excluding tert-OH is 2. The van der Waals surface area contributed by atoms with E-state index in [2.05, 4.69) is 68.5 Å². The molecule has 0 saturated carbocycles. The second-order valence-electron chi connectivity index (χ2n) is 25.1. The van der Waals surface area contributed by atoms with Gasteiger partial charge in [0.25, 0.3) is 0 Å². The van der Waals surface area contributed by atoms with Crippen molar-refractivity contribution in [3.05, 3.63) is 0 Å². The number of nitrogens with one attached hydrogen (secondary N) is 11. The number of nitrogens with two attached hydrogens (primary N) is 8. The van der Waals surface area contributed by atoms with Gasteiger partial charge < -0.3 is 135 Å². The summed E-state index contributed by atoms with van der Waals surface area (Å²) in [5, 5.41) is 65.0. The van der Waals surface area contributed by atoms with Crippen LogP contribution in [0, 0.1) is 0 Å². The molecular weight excluding hydrogens is 1420 g/mol. The molecule has 2 rings (SSSR count). The Morgan fingerprint density at radius 3 is 1.32 bits per heavy atom. The maximum atomic E-state index is 14.3. The highest BCUT2D eigenvalue weighted by Crippen LogP contribution is 2.22. The predicted octanol–water partition coefficient (Wildman–Crippen LogP) is -11.6. The number of aliphatic hydroxyl groups is 2. The fourth-order valence-electron chi connectivity index (χ4n) is 10.8. The van der Waals surface area contributed by atoms with Gasteiger partial charge in [-0.15, -0.1) is 0 Å². The third-order valence-corrected chi connectivity index (χ3v) is 17.2. The van der Waals surface area contributed by atoms with Crippen LogP contribution in [0.15, 0.2) is 9.98 Å². The number of aliphatic carboxylic acids is 2. The van der Waals surface area contributed by atoms with Gasteiger partial charge in [0.1, 0.15) is 84.6 Å². The van der Waals surface area contributed by atoms with Crippen molar-refractivity contribution in [2.75, 3.05) is 57.9 Å². The summed E-state index contributed by atoms with van der Waals surface area (Å²) in [6.45, 7) is 1.82. The zero-order chi connectivity index (χ0) is 80.1. The molecule has 2 aliphatic rings. The van der Waals surface area contributed by atoms with Gasteiger partial charge in [-0.1, -0.05) is 0 Å². The van der Waals surface area contributed by atoms with Crippen LogP contribution < -0.4 is 104 Å². The number of hydrogen-bond donors (Lipinski definition) is 23. The molecule has 14 atom stereocenters. The lowest BCUT2D eigenvalue weighted by atomic mass is 10.0. The number of amides is 15. The Kier molecular flexibility index (Phi) is 40.9. The van der Waals surface area contributed by atoms with E-state index in [4.69, 9.17) is 51.0 Å². The maximum Gasteiger partial charge on any atom is 0.326 e. The van der Waals surface area contributed by atoms with Gasteiger partial charge in [-0.25, -0.2) is 4.79 Å². The summed E-state index contributed by atoms with van der Waals surface area (Å²) in [6.07, 6.45) is -0.322. The second kappa shape index (κ2) is 47.2. The molecule has 2 aliphatic heterocycles. The fraction of sp³-hybridized carbons (Fsp3) is 0.689. The Labute approximate surface area is 614 Å². The number of thioether (sulfide) groups is 1. The topological polar surface area (TPSA) is 743 Å². The SMILES string of the molecule is CSCCC(NC(=O)C(C)NC(=O)C1CCCN1C(=O)C(CC(N)=O)NC(=O)C(CO)NC(=O)C(CC(N)=O)NC(=O)C(C)NC(=O)C(N)CO)C(=O)NC(C)C(=O)N1CCCC1C(=O)NC(CCCN=C(N)N)C(=O)NC(CCC(=O)O)C(=O)NC(CCCN=C(N)N)C(=O)NC(CCCCN)C(=O)O. The largest absolute Gasteiger partial charge is 0.481 e. The number of aliphatic imine (C=N–C) groups is 2. The molecule has 45 heteroatoms. The van der Waals surface area contributed by atoms with Gasteiger partial charge in [-0.05, 0) is 123 Å². The zero-order valence-electron chi connectivity index (χ0n) is 59.6. The van der Waals surface area contributed by atoms with Crippen LogP contribution in [0.4, 0.5) is 0 Å². The van der Waals surface area contributed by atoms with E-state index < -0.39 is 224 Å². The van der Waals surface area contributed by atoms with E-state index in [1.165, 1.54) is 32.5 Å². The molecule has 0 spiro atoms. The minimum absolute atomic E-state index is 0.00667. The van der Waals surface area contributed by atoms with Gasteiger partial charge in [0.2, 0.25) is 88.6 Å². The molecule has 596 valence electrons. The van der Waals surface area contributed by atoms with Crippen LogP contribution in [0.3, 0.4) is 0 Å². The average Bonchev–Trinajstić information content (AvgIpc) is 1.67. The van der Waals surface area contributed by atoms with E-state index in [-0.39, 0.29) is 115 Å². The normalized spacial score (nSPS) is 17.2. The number of carbonyl (C=O) groups excluding carboxylic acids is 15. The van der Waals surface area contributed by atoms with E-state index in [0.29, 0.717) is 12.8 Å². The van der Waals surface area contributed by atoms with Gasteiger partial charge in [-0.2, -0.15) is 11.8 Å². The third kappa shape index (κ3) is 32.4. The van der Waals surface area contributed by atoms with Crippen molar-refractivity contribution in [1.82, 2.24) is 68.3 Å². The summed E-state index contributed by atoms with van der Waals surface area (Å²) in [4.78, 5) is 237. The molecule has 0 radical (unpaired) electrons. The van der Waals surface area contributed by atoms with Crippen molar-refractivity contribution in [2.45, 2.75) is 208 Å². The number of guanidine groups is 2. The third-order valence-electron chi connectivity index (χ3n) is 16.6. The van der Waals surface area contributed by atoms with Crippen molar-refractivity contribution in [3.8, 4) is 0 Å². The molecule has 106 heavy (non-hydrogen) atoms. The van der Waals surface area contributed by atoms with Crippen molar-refractivity contribution in [1.29, 1.82) is 0 Å². The van der Waals surface area contributed by atoms with E-state index in [0.717, 1.165) is 9.80 Å². The zero-order valence-corrected chi connectivity index (χ0v) is 60.4. The number of nitrogens with zero attached hydrogens (tertiary/aromatic N) is 4. The number of carboxylic acid groups (broad SMARTS) is 2. The number of rotatable bonds is 49. The minimum Gasteiger partial charge on any atom is -0.481 e. The first kappa shape index (κ1) is 91.8. The molecule has 14 unspecified atom stereocenters. The summed E-state index contributed by atoms with van der Waals surface area (Å²) in [5.41, 5.74) is 43.6. The van der Waals surface area contributed by atoms with Crippen LogP contribution in [0.5, 0.6) is 0 Å². The van der Waals surface area contributed by atoms with Gasteiger partial charge >= 0.3 is 11.9 Å². The number of carboxylic acids is 2. The second-order valence-corrected chi connectivity index (χ2v) is 26.1. The van der Waals surface area contributed by atoms with Crippen LogP contribution in [-0.2, 0) is 81.5 Å². The highest BCUT2D eigenvalue weighted by atomic mass is 32.2. The number of primary amides is 2. The summed E-state index contributed by atoms with van der Waals surface area (Å²) in [7, 11) is 0. The Balaban J connectivity index is 2.31. The highest BCUT2D eigenvalue weighted by molar-refractivity contribution is 7.98. The predicted molar refractivity (Wildman–Crippen MR) is 378 cm³/mol. The lowest BCUT2D eigenvalue weighted by Gasteiger charge is -2.30. The first-order chi connectivity index (χ1) is 49.9. The van der Waals surface area contributed by atoms with Gasteiger partial charge in [0.15, 0.2) is 11.9 Å². The lowest BCUT2D eigenvalue weighted by molar-refractivity contribution is -0.143. The van der Waals surface area contributed by atoms with E-state index >= 15 is 0 Å². The molecule has 44 nitrogen and oxygen atoms in total. The molecule has 0 aliphatic carbocycles. The highest BCUT2D eigenvalue weighted by Gasteiger charge is 2.43. The van der Waals surface area contributed by atoms with Gasteiger partial charge in [0.05, 0.1) is 26.1 Å². The maximum absolute atomic E-state index is 14.3. The van der Waals surface area contributed by atoms with Crippen LogP contribution >= 0.6 is 11.8 Å². The number of hydrogen-bond acceptors (Lipinski definition) is 24. The molecule has 31 N–H and O–H groups in total. The summed E-state index contributed by atoms with van der Waals surface area (Å²) >= 11 is 1.29. The van der Waals surface area contributed by atoms with Crippen LogP contribution in [-0.4, -0.2) is 285 Å². The van der Waals surface area contributed by atoms with E-state index in [1.54, 1.807) is 6.26 Å². The molecule has 0 aromatic carbocycles. The average molecular weight is 1530 g/mol. The molecule has 2 fully saturated rings. The number of unbranched alkanes of at least 4 members (excludes halogenated alkanes) is 1. The Morgan fingerprint density at radius 1 is 0.443 bits per heavy atom. The van der Waals surface area contributed by atoms with E-state index in [1.807, 2.05) is 0 Å². The standard InChI is InChI=1S/C61H105N23O21S/c1-29(72-48(93)32(63)27-85)47(92)80-38(25-43(64)87)53(98)82-40(28-86)54(99)81-39(26-44(65)88)58(103)84-23-10-14-41(84)55(100)73-30(2)46(91)75-36(18-24-106-4)49(94)74-31(3)57(102)83-22-9-15-42(83)56(101)78-34(13-8-21-71-61(68)69)50(95)77-35(16-17-45(89)90)52(97)76-33(12-7-20-70-60(66)67)51(96)79-37(59(104)105)11-5-6-19-62/h29-42,85-86H,5-28,62-63H2,1-4H3,(H2,64,87)(H2,65,88)(H,72,93)(H,73,100)(H,74,94)(H,75,91)(H,76,97)(H,77,95)(H,78,101)(H,79,96)(H,80,92)(H,81,99)(H,82,98)(H,89,90)(H,104,105)(H4,66,67,70)(H4,68,69,71). The monoisotopic (exact) mass is 1530 g/mol. The Bertz CT molecular complexity index is 3160. The number of carbonyl (C=O) groups is 17.